The second kappa shape index (κ2) is 8.47. The lowest BCUT2D eigenvalue weighted by Gasteiger charge is -2.32. The van der Waals surface area contributed by atoms with Crippen molar-refractivity contribution in [3.63, 3.8) is 0 Å². The minimum absolute atomic E-state index is 0.0287. The highest BCUT2D eigenvalue weighted by Gasteiger charge is 2.31. The first-order valence-corrected chi connectivity index (χ1v) is 11.2. The van der Waals surface area contributed by atoms with Gasteiger partial charge in [0.1, 0.15) is 0 Å². The highest BCUT2D eigenvalue weighted by atomic mass is 31.2. The van der Waals surface area contributed by atoms with Crippen LogP contribution in [0.25, 0.3) is 0 Å². The summed E-state index contributed by atoms with van der Waals surface area (Å²) < 4.78 is 18.5. The molecule has 1 aliphatic heterocycles. The molecule has 0 aromatic heterocycles. The zero-order valence-corrected chi connectivity index (χ0v) is 15.5. The molecular formula is C19H27N2O3P. The van der Waals surface area contributed by atoms with Gasteiger partial charge < -0.3 is 14.9 Å². The Labute approximate surface area is 149 Å². The van der Waals surface area contributed by atoms with E-state index in [1.807, 2.05) is 18.2 Å². The van der Waals surface area contributed by atoms with Crippen LogP contribution in [-0.2, 0) is 9.30 Å². The predicted octanol–water partition coefficient (Wildman–Crippen LogP) is 3.44. The van der Waals surface area contributed by atoms with Crippen LogP contribution in [0.1, 0.15) is 49.3 Å². The minimum atomic E-state index is -3.14. The van der Waals surface area contributed by atoms with Crippen molar-refractivity contribution in [2.75, 3.05) is 25.5 Å². The van der Waals surface area contributed by atoms with Crippen LogP contribution >= 0.6 is 7.37 Å². The van der Waals surface area contributed by atoms with E-state index in [1.54, 1.807) is 6.07 Å². The summed E-state index contributed by atoms with van der Waals surface area (Å²) in [6.07, 6.45) is 6.29. The lowest BCUT2D eigenvalue weighted by Crippen LogP contribution is -2.43. The van der Waals surface area contributed by atoms with E-state index in [0.717, 1.165) is 18.4 Å². The van der Waals surface area contributed by atoms with E-state index < -0.39 is 7.37 Å². The van der Waals surface area contributed by atoms with Crippen molar-refractivity contribution in [3.8, 4) is 6.07 Å². The van der Waals surface area contributed by atoms with Crippen molar-refractivity contribution in [1.29, 1.82) is 5.26 Å². The second-order valence-corrected chi connectivity index (χ2v) is 9.79. The van der Waals surface area contributed by atoms with Crippen LogP contribution in [0.4, 0.5) is 0 Å². The molecule has 1 saturated heterocycles. The molecule has 1 aromatic carbocycles. The molecule has 3 atom stereocenters. The van der Waals surface area contributed by atoms with Crippen LogP contribution in [0.15, 0.2) is 24.3 Å². The standard InChI is InChI=1S/C19H27N2O3P/c20-10-16-7-4-8-17(9-16)19-12-24-18(11-21-19)14-25(22,23)13-15-5-2-1-3-6-15/h4,7-9,15,18-19,21H,1-3,5-6,11-14H2,(H,22,23). The highest BCUT2D eigenvalue weighted by Crippen LogP contribution is 2.46. The van der Waals surface area contributed by atoms with Gasteiger partial charge in [0.05, 0.1) is 36.5 Å². The van der Waals surface area contributed by atoms with Gasteiger partial charge >= 0.3 is 0 Å². The third-order valence-electron chi connectivity index (χ3n) is 5.27. The summed E-state index contributed by atoms with van der Waals surface area (Å²) in [4.78, 5) is 10.4. The largest absolute Gasteiger partial charge is 0.374 e. The zero-order chi connectivity index (χ0) is 17.7. The maximum Gasteiger partial charge on any atom is 0.203 e. The van der Waals surface area contributed by atoms with Crippen molar-refractivity contribution in [2.24, 2.45) is 5.92 Å². The minimum Gasteiger partial charge on any atom is -0.374 e. The first-order valence-electron chi connectivity index (χ1n) is 9.21. The van der Waals surface area contributed by atoms with Crippen molar-refractivity contribution in [2.45, 2.75) is 44.2 Å². The number of rotatable bonds is 5. The molecule has 25 heavy (non-hydrogen) atoms. The van der Waals surface area contributed by atoms with E-state index in [2.05, 4.69) is 11.4 Å². The maximum absolute atomic E-state index is 12.6. The van der Waals surface area contributed by atoms with Crippen LogP contribution in [0.5, 0.6) is 0 Å². The Morgan fingerprint density at radius 2 is 2.08 bits per heavy atom. The van der Waals surface area contributed by atoms with Gasteiger partial charge in [-0.05, 0) is 36.5 Å². The molecule has 5 nitrogen and oxygen atoms in total. The van der Waals surface area contributed by atoms with Gasteiger partial charge in [-0.25, -0.2) is 0 Å². The molecule has 2 N–H and O–H groups in total. The molecule has 0 spiro atoms. The SMILES string of the molecule is N#Cc1cccc(C2COC(CP(=O)(O)CC3CCCCC3)CN2)c1. The first kappa shape index (κ1) is 18.6. The lowest BCUT2D eigenvalue weighted by atomic mass is 9.91. The summed E-state index contributed by atoms with van der Waals surface area (Å²) in [5, 5.41) is 12.4. The Morgan fingerprint density at radius 3 is 2.76 bits per heavy atom. The monoisotopic (exact) mass is 362 g/mol. The number of hydrogen-bond acceptors (Lipinski definition) is 4. The molecule has 1 aliphatic carbocycles. The molecule has 2 fully saturated rings. The van der Waals surface area contributed by atoms with Gasteiger partial charge in [-0.3, -0.25) is 4.57 Å². The van der Waals surface area contributed by atoms with Crippen molar-refractivity contribution < 1.29 is 14.2 Å². The summed E-state index contributed by atoms with van der Waals surface area (Å²) in [5.41, 5.74) is 1.65. The smallest absolute Gasteiger partial charge is 0.203 e. The Hall–Kier alpha value is -1.18. The van der Waals surface area contributed by atoms with Gasteiger partial charge in [-0.1, -0.05) is 31.4 Å². The fraction of sp³-hybridized carbons (Fsp3) is 0.632. The quantitative estimate of drug-likeness (QED) is 0.784. The van der Waals surface area contributed by atoms with Crippen molar-refractivity contribution in [3.05, 3.63) is 35.4 Å². The van der Waals surface area contributed by atoms with Crippen LogP contribution in [0.2, 0.25) is 0 Å². The molecule has 1 aromatic rings. The van der Waals surface area contributed by atoms with E-state index in [-0.39, 0.29) is 18.3 Å². The van der Waals surface area contributed by atoms with Gasteiger partial charge in [0, 0.05) is 12.7 Å². The van der Waals surface area contributed by atoms with Crippen LogP contribution in [0.3, 0.4) is 0 Å². The van der Waals surface area contributed by atoms with Crippen LogP contribution < -0.4 is 5.32 Å². The third-order valence-corrected chi connectivity index (χ3v) is 7.33. The molecule has 0 amide bonds. The van der Waals surface area contributed by atoms with E-state index >= 15 is 0 Å². The summed E-state index contributed by atoms with van der Waals surface area (Å²) in [6.45, 7) is 1.03. The highest BCUT2D eigenvalue weighted by molar-refractivity contribution is 7.58. The Bertz CT molecular complexity index is 659. The van der Waals surface area contributed by atoms with Gasteiger partial charge in [-0.15, -0.1) is 0 Å². The Kier molecular flexibility index (Phi) is 6.30. The number of nitrogens with one attached hydrogen (secondary N) is 1. The summed E-state index contributed by atoms with van der Waals surface area (Å²) >= 11 is 0. The fourth-order valence-electron chi connectivity index (χ4n) is 3.95. The number of ether oxygens (including phenoxy) is 1. The molecule has 0 radical (unpaired) electrons. The summed E-state index contributed by atoms with van der Waals surface area (Å²) in [7, 11) is -3.14. The molecule has 3 unspecified atom stereocenters. The maximum atomic E-state index is 12.6. The van der Waals surface area contributed by atoms with Crippen LogP contribution in [-0.4, -0.2) is 36.5 Å². The summed E-state index contributed by atoms with van der Waals surface area (Å²) in [6, 6.07) is 9.66. The van der Waals surface area contributed by atoms with E-state index in [4.69, 9.17) is 10.00 Å². The average molecular weight is 362 g/mol. The number of nitrogens with zero attached hydrogens (tertiary/aromatic N) is 1. The molecule has 2 aliphatic rings. The van der Waals surface area contributed by atoms with Gasteiger partial charge in [-0.2, -0.15) is 5.26 Å². The van der Waals surface area contributed by atoms with Crippen molar-refractivity contribution in [1.82, 2.24) is 5.32 Å². The van der Waals surface area contributed by atoms with Crippen molar-refractivity contribution >= 4 is 7.37 Å². The third kappa shape index (κ3) is 5.39. The Balaban J connectivity index is 1.50. The zero-order valence-electron chi connectivity index (χ0n) is 14.6. The van der Waals surface area contributed by atoms with E-state index in [9.17, 15) is 9.46 Å². The van der Waals surface area contributed by atoms with E-state index in [0.29, 0.717) is 30.8 Å². The summed E-state index contributed by atoms with van der Waals surface area (Å²) in [5.74, 6) is 0.405. The number of nitriles is 1. The molecule has 6 heteroatoms. The van der Waals surface area contributed by atoms with Gasteiger partial charge in [0.25, 0.3) is 0 Å². The second-order valence-electron chi connectivity index (χ2n) is 7.37. The molecule has 3 rings (SSSR count). The topological polar surface area (TPSA) is 82.3 Å². The molecule has 1 saturated carbocycles. The van der Waals surface area contributed by atoms with Crippen LogP contribution in [0, 0.1) is 17.2 Å². The molecule has 0 bridgehead atoms. The fourth-order valence-corrected chi connectivity index (χ4v) is 6.14. The molecule has 136 valence electrons. The van der Waals surface area contributed by atoms with Gasteiger partial charge in [0.2, 0.25) is 7.37 Å². The lowest BCUT2D eigenvalue weighted by molar-refractivity contribution is 0.0156. The predicted molar refractivity (Wildman–Crippen MR) is 97.8 cm³/mol. The number of morpholine rings is 1. The number of benzene rings is 1. The van der Waals surface area contributed by atoms with Gasteiger partial charge in [0.15, 0.2) is 0 Å². The van der Waals surface area contributed by atoms with E-state index in [1.165, 1.54) is 19.3 Å². The number of hydrogen-bond donors (Lipinski definition) is 2. The molecule has 1 heterocycles. The average Bonchev–Trinajstić information content (AvgIpc) is 2.62. The normalized spacial score (nSPS) is 27.4. The first-order chi connectivity index (χ1) is 12.1. The Morgan fingerprint density at radius 1 is 1.28 bits per heavy atom. The molecular weight excluding hydrogens is 335 g/mol.